The van der Waals surface area contributed by atoms with E-state index in [-0.39, 0.29) is 5.95 Å². The van der Waals surface area contributed by atoms with Crippen LogP contribution in [-0.2, 0) is 0 Å². The molecule has 0 radical (unpaired) electrons. The van der Waals surface area contributed by atoms with Gasteiger partial charge in [-0.25, -0.2) is 9.97 Å². The molecule has 0 saturated heterocycles. The van der Waals surface area contributed by atoms with E-state index in [1.807, 2.05) is 6.07 Å². The fraction of sp³-hybridized carbons (Fsp3) is 0. The standard InChI is InChI=1S/C8H7N3O/c9-8-10-3-7(4-11-8)6-1-2-12-5-6/h1-5H,(H2,9,10,11). The Bertz CT molecular complexity index is 352. The average molecular weight is 161 g/mol. The van der Waals surface area contributed by atoms with Crippen LogP contribution < -0.4 is 5.73 Å². The third-order valence-electron chi connectivity index (χ3n) is 1.53. The minimum Gasteiger partial charge on any atom is -0.472 e. The summed E-state index contributed by atoms with van der Waals surface area (Å²) in [5.74, 6) is 0.280. The van der Waals surface area contributed by atoms with Crippen LogP contribution in [0.25, 0.3) is 11.1 Å². The second-order valence-corrected chi connectivity index (χ2v) is 2.34. The minimum absolute atomic E-state index is 0.280. The van der Waals surface area contributed by atoms with E-state index in [1.165, 1.54) is 0 Å². The molecule has 0 spiro atoms. The molecule has 2 rings (SSSR count). The van der Waals surface area contributed by atoms with Crippen LogP contribution in [0.15, 0.2) is 35.4 Å². The summed E-state index contributed by atoms with van der Waals surface area (Å²) in [6.45, 7) is 0. The zero-order valence-corrected chi connectivity index (χ0v) is 6.27. The lowest BCUT2D eigenvalue weighted by molar-refractivity contribution is 0.568. The Kier molecular flexibility index (Phi) is 1.51. The molecule has 0 unspecified atom stereocenters. The lowest BCUT2D eigenvalue weighted by Crippen LogP contribution is -1.92. The van der Waals surface area contributed by atoms with E-state index in [1.54, 1.807) is 24.9 Å². The van der Waals surface area contributed by atoms with Gasteiger partial charge in [-0.15, -0.1) is 0 Å². The van der Waals surface area contributed by atoms with Gasteiger partial charge in [0.25, 0.3) is 0 Å². The molecule has 12 heavy (non-hydrogen) atoms. The molecule has 4 heteroatoms. The van der Waals surface area contributed by atoms with Crippen LogP contribution in [0.2, 0.25) is 0 Å². The Labute approximate surface area is 69.1 Å². The molecular weight excluding hydrogens is 154 g/mol. The van der Waals surface area contributed by atoms with Gasteiger partial charge in [0, 0.05) is 23.5 Å². The van der Waals surface area contributed by atoms with Crippen molar-refractivity contribution >= 4 is 5.95 Å². The molecule has 0 aliphatic heterocycles. The molecule has 0 amide bonds. The van der Waals surface area contributed by atoms with Gasteiger partial charge in [-0.1, -0.05) is 0 Å². The third-order valence-corrected chi connectivity index (χ3v) is 1.53. The summed E-state index contributed by atoms with van der Waals surface area (Å²) in [7, 11) is 0. The van der Waals surface area contributed by atoms with Crippen molar-refractivity contribution < 1.29 is 4.42 Å². The van der Waals surface area contributed by atoms with Crippen LogP contribution >= 0.6 is 0 Å². The van der Waals surface area contributed by atoms with Crippen molar-refractivity contribution in [1.29, 1.82) is 0 Å². The third kappa shape index (κ3) is 1.14. The number of hydrogen-bond acceptors (Lipinski definition) is 4. The number of aromatic nitrogens is 2. The van der Waals surface area contributed by atoms with Crippen molar-refractivity contribution in [2.45, 2.75) is 0 Å². The summed E-state index contributed by atoms with van der Waals surface area (Å²) >= 11 is 0. The average Bonchev–Trinajstić information content (AvgIpc) is 2.58. The number of nitrogens with zero attached hydrogens (tertiary/aromatic N) is 2. The molecule has 2 aromatic rings. The predicted molar refractivity (Wildman–Crippen MR) is 44.1 cm³/mol. The number of anilines is 1. The smallest absolute Gasteiger partial charge is 0.219 e. The molecule has 0 saturated carbocycles. The first kappa shape index (κ1) is 6.84. The Morgan fingerprint density at radius 2 is 1.92 bits per heavy atom. The van der Waals surface area contributed by atoms with E-state index >= 15 is 0 Å². The molecule has 2 N–H and O–H groups in total. The molecule has 0 bridgehead atoms. The lowest BCUT2D eigenvalue weighted by Gasteiger charge is -1.94. The van der Waals surface area contributed by atoms with Crippen LogP contribution in [0.1, 0.15) is 0 Å². The molecule has 0 atom stereocenters. The van der Waals surface area contributed by atoms with Crippen molar-refractivity contribution in [3.63, 3.8) is 0 Å². The second-order valence-electron chi connectivity index (χ2n) is 2.34. The highest BCUT2D eigenvalue weighted by Crippen LogP contribution is 2.17. The topological polar surface area (TPSA) is 64.9 Å². The zero-order chi connectivity index (χ0) is 8.39. The zero-order valence-electron chi connectivity index (χ0n) is 6.27. The van der Waals surface area contributed by atoms with Gasteiger partial charge in [-0.05, 0) is 6.07 Å². The Balaban J connectivity index is 2.43. The summed E-state index contributed by atoms with van der Waals surface area (Å²) in [6.07, 6.45) is 6.56. The van der Waals surface area contributed by atoms with Crippen molar-refractivity contribution in [2.75, 3.05) is 5.73 Å². The van der Waals surface area contributed by atoms with Gasteiger partial charge in [0.1, 0.15) is 0 Å². The van der Waals surface area contributed by atoms with Gasteiger partial charge in [0.05, 0.1) is 12.5 Å². The molecular formula is C8H7N3O. The number of rotatable bonds is 1. The first-order chi connectivity index (χ1) is 5.86. The highest BCUT2D eigenvalue weighted by atomic mass is 16.3. The number of nitrogen functional groups attached to an aromatic ring is 1. The van der Waals surface area contributed by atoms with Crippen molar-refractivity contribution in [3.05, 3.63) is 31.0 Å². The molecule has 2 heterocycles. The maximum absolute atomic E-state index is 5.33. The van der Waals surface area contributed by atoms with Crippen molar-refractivity contribution in [1.82, 2.24) is 9.97 Å². The van der Waals surface area contributed by atoms with Gasteiger partial charge in [0.15, 0.2) is 0 Å². The van der Waals surface area contributed by atoms with Crippen LogP contribution in [0.5, 0.6) is 0 Å². The van der Waals surface area contributed by atoms with E-state index in [4.69, 9.17) is 10.2 Å². The highest BCUT2D eigenvalue weighted by molar-refractivity contribution is 5.59. The Hall–Kier alpha value is -1.84. The van der Waals surface area contributed by atoms with Crippen LogP contribution in [0.3, 0.4) is 0 Å². The van der Waals surface area contributed by atoms with Crippen LogP contribution in [0, 0.1) is 0 Å². The SMILES string of the molecule is Nc1ncc(-c2ccoc2)cn1. The number of nitrogens with two attached hydrogens (primary N) is 1. The highest BCUT2D eigenvalue weighted by Gasteiger charge is 1.98. The number of hydrogen-bond donors (Lipinski definition) is 1. The largest absolute Gasteiger partial charge is 0.472 e. The molecule has 4 nitrogen and oxygen atoms in total. The predicted octanol–water partition coefficient (Wildman–Crippen LogP) is 1.32. The molecule has 60 valence electrons. The van der Waals surface area contributed by atoms with E-state index in [9.17, 15) is 0 Å². The van der Waals surface area contributed by atoms with E-state index in [0.29, 0.717) is 0 Å². The summed E-state index contributed by atoms with van der Waals surface area (Å²) in [4.78, 5) is 7.72. The monoisotopic (exact) mass is 161 g/mol. The molecule has 0 aliphatic carbocycles. The van der Waals surface area contributed by atoms with E-state index in [2.05, 4.69) is 9.97 Å². The van der Waals surface area contributed by atoms with Crippen LogP contribution in [-0.4, -0.2) is 9.97 Å². The van der Waals surface area contributed by atoms with Gasteiger partial charge in [0.2, 0.25) is 5.95 Å². The summed E-state index contributed by atoms with van der Waals surface area (Å²) in [5.41, 5.74) is 7.19. The van der Waals surface area contributed by atoms with Gasteiger partial charge in [-0.3, -0.25) is 0 Å². The quantitative estimate of drug-likeness (QED) is 0.685. The maximum Gasteiger partial charge on any atom is 0.219 e. The summed E-state index contributed by atoms with van der Waals surface area (Å²) < 4.78 is 4.91. The summed E-state index contributed by atoms with van der Waals surface area (Å²) in [6, 6.07) is 1.84. The van der Waals surface area contributed by atoms with E-state index < -0.39 is 0 Å². The first-order valence-electron chi connectivity index (χ1n) is 3.46. The second kappa shape index (κ2) is 2.65. The van der Waals surface area contributed by atoms with Crippen molar-refractivity contribution in [3.8, 4) is 11.1 Å². The Morgan fingerprint density at radius 1 is 1.17 bits per heavy atom. The molecule has 0 aromatic carbocycles. The number of furan rings is 1. The lowest BCUT2D eigenvalue weighted by atomic mass is 10.2. The fourth-order valence-electron chi connectivity index (χ4n) is 0.916. The summed E-state index contributed by atoms with van der Waals surface area (Å²) in [5, 5.41) is 0. The van der Waals surface area contributed by atoms with Gasteiger partial charge < -0.3 is 10.2 Å². The molecule has 2 aromatic heterocycles. The molecule has 0 fully saturated rings. The van der Waals surface area contributed by atoms with Gasteiger partial charge in [-0.2, -0.15) is 0 Å². The first-order valence-corrected chi connectivity index (χ1v) is 3.46. The maximum atomic E-state index is 5.33. The van der Waals surface area contributed by atoms with E-state index in [0.717, 1.165) is 11.1 Å². The van der Waals surface area contributed by atoms with Gasteiger partial charge >= 0.3 is 0 Å². The normalized spacial score (nSPS) is 10.0. The van der Waals surface area contributed by atoms with Crippen LogP contribution in [0.4, 0.5) is 5.95 Å². The fourth-order valence-corrected chi connectivity index (χ4v) is 0.916. The molecule has 0 aliphatic rings. The van der Waals surface area contributed by atoms with Crippen molar-refractivity contribution in [2.24, 2.45) is 0 Å². The Morgan fingerprint density at radius 3 is 2.50 bits per heavy atom. The minimum atomic E-state index is 0.280.